The van der Waals surface area contributed by atoms with Crippen molar-refractivity contribution in [2.75, 3.05) is 7.11 Å². The molecule has 0 aliphatic heterocycles. The van der Waals surface area contributed by atoms with E-state index in [1.807, 2.05) is 18.3 Å². The van der Waals surface area contributed by atoms with E-state index in [2.05, 4.69) is 72.0 Å². The highest BCUT2D eigenvalue weighted by molar-refractivity contribution is 6.74. The minimum atomic E-state index is -1.99. The maximum absolute atomic E-state index is 11.7. The van der Waals surface area contributed by atoms with Gasteiger partial charge in [-0.05, 0) is 48.7 Å². The number of carbonyl (C=O) groups excluding carboxylic acids is 1. The molecule has 206 valence electrons. The summed E-state index contributed by atoms with van der Waals surface area (Å²) in [5.41, 5.74) is 1.80. The average molecular weight is 528 g/mol. The first-order valence-corrected chi connectivity index (χ1v) is 16.8. The standard InChI is InChI=1S/C31H49NO4Si/c1-9-10-11-17-27(33)30-26-16-13-12-15-25(26)24(22-32-30)21-20-23(2)28(18-14-19-29(34)35-6)36-37(7,8)31(3,4)5/h12-13,15-16,20-23,27-28,33H,9-11,14,17-19H2,1-8H3/b21-20+/t23-,27?,28+/m1/s1. The maximum atomic E-state index is 11.7. The normalized spacial score (nSPS) is 15.2. The summed E-state index contributed by atoms with van der Waals surface area (Å²) in [5.74, 6) is -0.0198. The molecule has 0 aliphatic rings. The van der Waals surface area contributed by atoms with E-state index in [9.17, 15) is 9.90 Å². The Balaban J connectivity index is 2.29. The van der Waals surface area contributed by atoms with E-state index in [1.165, 1.54) is 7.11 Å². The number of aliphatic hydroxyl groups excluding tert-OH is 1. The van der Waals surface area contributed by atoms with Crippen LogP contribution in [0.4, 0.5) is 0 Å². The Morgan fingerprint density at radius 3 is 2.41 bits per heavy atom. The molecule has 0 amide bonds. The van der Waals surface area contributed by atoms with Crippen LogP contribution in [0.3, 0.4) is 0 Å². The average Bonchev–Trinajstić information content (AvgIpc) is 2.85. The van der Waals surface area contributed by atoms with Crippen LogP contribution in [0.15, 0.2) is 36.5 Å². The highest BCUT2D eigenvalue weighted by atomic mass is 28.4. The van der Waals surface area contributed by atoms with Gasteiger partial charge in [0, 0.05) is 23.6 Å². The predicted octanol–water partition coefficient (Wildman–Crippen LogP) is 8.23. The molecule has 1 unspecified atom stereocenters. The number of carbonyl (C=O) groups is 1. The SMILES string of the molecule is CCCCCC(O)c1ncc(/C=C/[C@@H](C)[C@H](CCCC(=O)OC)O[Si](C)(C)C(C)(C)C)c2ccccc12. The third-order valence-electron chi connectivity index (χ3n) is 7.77. The van der Waals surface area contributed by atoms with Gasteiger partial charge in [-0.25, -0.2) is 0 Å². The van der Waals surface area contributed by atoms with E-state index in [-0.39, 0.29) is 23.0 Å². The summed E-state index contributed by atoms with van der Waals surface area (Å²) in [7, 11) is -0.557. The molecule has 0 saturated carbocycles. The zero-order valence-electron chi connectivity index (χ0n) is 24.3. The monoisotopic (exact) mass is 527 g/mol. The zero-order chi connectivity index (χ0) is 27.6. The van der Waals surface area contributed by atoms with E-state index in [1.54, 1.807) is 0 Å². The lowest BCUT2D eigenvalue weighted by Crippen LogP contribution is -2.45. The number of ether oxygens (including phenoxy) is 1. The lowest BCUT2D eigenvalue weighted by molar-refractivity contribution is -0.140. The number of pyridine rings is 1. The number of rotatable bonds is 14. The molecule has 1 N–H and O–H groups in total. The lowest BCUT2D eigenvalue weighted by atomic mass is 9.96. The summed E-state index contributed by atoms with van der Waals surface area (Å²) in [4.78, 5) is 16.4. The Morgan fingerprint density at radius 1 is 1.11 bits per heavy atom. The molecule has 6 heteroatoms. The minimum Gasteiger partial charge on any atom is -0.469 e. The number of esters is 1. The molecule has 3 atom stereocenters. The second-order valence-corrected chi connectivity index (χ2v) is 16.5. The molecule has 2 aromatic rings. The van der Waals surface area contributed by atoms with Gasteiger partial charge in [0.2, 0.25) is 0 Å². The van der Waals surface area contributed by atoms with Crippen molar-refractivity contribution in [3.8, 4) is 0 Å². The molecule has 0 saturated heterocycles. The fourth-order valence-corrected chi connectivity index (χ4v) is 5.72. The van der Waals surface area contributed by atoms with Crippen LogP contribution in [0.2, 0.25) is 18.1 Å². The number of hydrogen-bond acceptors (Lipinski definition) is 5. The smallest absolute Gasteiger partial charge is 0.305 e. The largest absolute Gasteiger partial charge is 0.469 e. The zero-order valence-corrected chi connectivity index (χ0v) is 25.3. The van der Waals surface area contributed by atoms with E-state index < -0.39 is 14.4 Å². The second-order valence-electron chi connectivity index (χ2n) is 11.8. The van der Waals surface area contributed by atoms with Crippen LogP contribution in [-0.2, 0) is 14.0 Å². The summed E-state index contributed by atoms with van der Waals surface area (Å²) in [6.45, 7) is 15.7. The van der Waals surface area contributed by atoms with Gasteiger partial charge < -0.3 is 14.3 Å². The fourth-order valence-electron chi connectivity index (χ4n) is 4.27. The molecule has 5 nitrogen and oxygen atoms in total. The Bertz CT molecular complexity index is 1030. The van der Waals surface area contributed by atoms with Gasteiger partial charge in [-0.1, -0.05) is 90.3 Å². The van der Waals surface area contributed by atoms with Crippen molar-refractivity contribution in [2.24, 2.45) is 5.92 Å². The highest BCUT2D eigenvalue weighted by Crippen LogP contribution is 2.39. The van der Waals surface area contributed by atoms with Crippen LogP contribution in [0.5, 0.6) is 0 Å². The van der Waals surface area contributed by atoms with Crippen LogP contribution >= 0.6 is 0 Å². The Kier molecular flexibility index (Phi) is 12.0. The van der Waals surface area contributed by atoms with Crippen molar-refractivity contribution in [3.05, 3.63) is 47.8 Å². The first-order valence-electron chi connectivity index (χ1n) is 13.9. The summed E-state index contributed by atoms with van der Waals surface area (Å²) in [5, 5.41) is 13.0. The first-order chi connectivity index (χ1) is 17.4. The van der Waals surface area contributed by atoms with Gasteiger partial charge in [0.25, 0.3) is 0 Å². The van der Waals surface area contributed by atoms with Gasteiger partial charge in [-0.15, -0.1) is 0 Å². The number of benzene rings is 1. The molecule has 1 heterocycles. The highest BCUT2D eigenvalue weighted by Gasteiger charge is 2.39. The summed E-state index contributed by atoms with van der Waals surface area (Å²) in [6.07, 6.45) is 11.6. The van der Waals surface area contributed by atoms with Crippen LogP contribution in [0, 0.1) is 5.92 Å². The molecule has 2 rings (SSSR count). The summed E-state index contributed by atoms with van der Waals surface area (Å²) < 4.78 is 11.7. The van der Waals surface area contributed by atoms with Crippen LogP contribution in [-0.4, -0.2) is 37.6 Å². The third-order valence-corrected chi connectivity index (χ3v) is 12.3. The van der Waals surface area contributed by atoms with Crippen molar-refractivity contribution >= 4 is 31.1 Å². The number of unbranched alkanes of at least 4 members (excludes halogenated alkanes) is 2. The van der Waals surface area contributed by atoms with Crippen molar-refractivity contribution in [3.63, 3.8) is 0 Å². The van der Waals surface area contributed by atoms with Gasteiger partial charge in [-0.3, -0.25) is 9.78 Å². The lowest BCUT2D eigenvalue weighted by Gasteiger charge is -2.40. The van der Waals surface area contributed by atoms with E-state index in [4.69, 9.17) is 14.1 Å². The van der Waals surface area contributed by atoms with Crippen LogP contribution < -0.4 is 0 Å². The molecule has 0 aliphatic carbocycles. The molecule has 0 spiro atoms. The van der Waals surface area contributed by atoms with Gasteiger partial charge in [-0.2, -0.15) is 0 Å². The molecule has 1 aromatic heterocycles. The minimum absolute atomic E-state index is 0.0145. The van der Waals surface area contributed by atoms with Gasteiger partial charge in [0.1, 0.15) is 0 Å². The van der Waals surface area contributed by atoms with Crippen LogP contribution in [0.1, 0.15) is 96.9 Å². The third kappa shape index (κ3) is 9.04. The summed E-state index contributed by atoms with van der Waals surface area (Å²) >= 11 is 0. The van der Waals surface area contributed by atoms with Crippen molar-refractivity contribution < 1.29 is 19.1 Å². The topological polar surface area (TPSA) is 68.7 Å². The number of aliphatic hydroxyl groups is 1. The van der Waals surface area contributed by atoms with Crippen molar-refractivity contribution in [1.29, 1.82) is 0 Å². The Labute approximate surface area is 225 Å². The Morgan fingerprint density at radius 2 is 1.78 bits per heavy atom. The van der Waals surface area contributed by atoms with Gasteiger partial charge in [0.15, 0.2) is 8.32 Å². The van der Waals surface area contributed by atoms with Crippen molar-refractivity contribution in [1.82, 2.24) is 4.98 Å². The second kappa shape index (κ2) is 14.2. The van der Waals surface area contributed by atoms with Crippen LogP contribution in [0.25, 0.3) is 16.8 Å². The van der Waals surface area contributed by atoms with Gasteiger partial charge >= 0.3 is 5.97 Å². The predicted molar refractivity (Wildman–Crippen MR) is 157 cm³/mol. The van der Waals surface area contributed by atoms with E-state index in [0.717, 1.165) is 60.6 Å². The Hall–Kier alpha value is -2.02. The molecule has 0 fully saturated rings. The maximum Gasteiger partial charge on any atom is 0.305 e. The van der Waals surface area contributed by atoms with E-state index in [0.29, 0.717) is 6.42 Å². The molecule has 1 aromatic carbocycles. The fraction of sp³-hybridized carbons (Fsp3) is 0.613. The number of aromatic nitrogens is 1. The molecule has 0 radical (unpaired) electrons. The molecular formula is C31H49NO4Si. The van der Waals surface area contributed by atoms with E-state index >= 15 is 0 Å². The molecular weight excluding hydrogens is 478 g/mol. The number of hydrogen-bond donors (Lipinski definition) is 1. The first kappa shape index (κ1) is 31.2. The number of nitrogens with zero attached hydrogens (tertiary/aromatic N) is 1. The van der Waals surface area contributed by atoms with Gasteiger partial charge in [0.05, 0.1) is 25.0 Å². The van der Waals surface area contributed by atoms with Crippen molar-refractivity contribution in [2.45, 2.75) is 110 Å². The quantitative estimate of drug-likeness (QED) is 0.152. The number of fused-ring (bicyclic) bond motifs is 1. The molecule has 0 bridgehead atoms. The summed E-state index contributed by atoms with van der Waals surface area (Å²) in [6, 6.07) is 8.19. The number of methoxy groups -OCH3 is 1. The molecule has 37 heavy (non-hydrogen) atoms.